The first-order valence-electron chi connectivity index (χ1n) is 22.1. The Morgan fingerprint density at radius 3 is 1.25 bits per heavy atom. The summed E-state index contributed by atoms with van der Waals surface area (Å²) in [4.78, 5) is 69.9. The third-order valence-electron chi connectivity index (χ3n) is 11.3. The molecule has 2 fully saturated rings. The summed E-state index contributed by atoms with van der Waals surface area (Å²) in [6, 6.07) is 47.6. The van der Waals surface area contributed by atoms with Crippen LogP contribution in [-0.2, 0) is 49.2 Å². The van der Waals surface area contributed by atoms with Crippen LogP contribution >= 0.6 is 0 Å². The highest BCUT2D eigenvalue weighted by Gasteiger charge is 2.56. The van der Waals surface area contributed by atoms with Crippen molar-refractivity contribution >= 4 is 29.8 Å². The van der Waals surface area contributed by atoms with Crippen LogP contribution in [0.15, 0.2) is 176 Å². The molecule has 2 aliphatic rings. The largest absolute Gasteiger partial charge is 0.497 e. The fraction of sp³-hybridized carbons (Fsp3) is 0.241. The Labute approximate surface area is 397 Å². The van der Waals surface area contributed by atoms with Gasteiger partial charge in [-0.15, -0.1) is 0 Å². The van der Waals surface area contributed by atoms with Crippen LogP contribution in [-0.4, -0.2) is 98.9 Å². The SMILES string of the molecule is COc1ccc(CO[C@@H]2OC[C@H](OC(=O)c3ccccc3)[C@H](O[C@@H]3O[C@@H](C)[C@H](OC(=O)c4ccccc4)[C@@H](OC(=O)c4ccccc4)[C@H]3OC(=O)c3ccccc3)[C@H]2OC(=O)c2ccccc2)cc1. The van der Waals surface area contributed by atoms with Gasteiger partial charge in [0.15, 0.2) is 43.1 Å². The number of methoxy groups -OCH3 is 1. The molecule has 9 atom stereocenters. The first-order chi connectivity index (χ1) is 33.6. The van der Waals surface area contributed by atoms with Gasteiger partial charge in [-0.3, -0.25) is 0 Å². The van der Waals surface area contributed by atoms with Crippen LogP contribution in [0.25, 0.3) is 0 Å². The fourth-order valence-corrected chi connectivity index (χ4v) is 7.68. The van der Waals surface area contributed by atoms with Crippen molar-refractivity contribution < 1.29 is 71.3 Å². The summed E-state index contributed by atoms with van der Waals surface area (Å²) < 4.78 is 62.1. The van der Waals surface area contributed by atoms with Crippen molar-refractivity contribution in [1.29, 1.82) is 0 Å². The lowest BCUT2D eigenvalue weighted by atomic mass is 9.97. The summed E-state index contributed by atoms with van der Waals surface area (Å²) >= 11 is 0. The molecule has 15 nitrogen and oxygen atoms in total. The number of esters is 5. The number of carbonyl (C=O) groups is 5. The molecule has 0 aliphatic carbocycles. The maximum Gasteiger partial charge on any atom is 0.338 e. The van der Waals surface area contributed by atoms with Gasteiger partial charge >= 0.3 is 29.8 Å². The van der Waals surface area contributed by atoms with Crippen LogP contribution in [0, 0.1) is 0 Å². The molecule has 0 aromatic heterocycles. The molecule has 2 heterocycles. The zero-order valence-electron chi connectivity index (χ0n) is 37.5. The number of hydrogen-bond acceptors (Lipinski definition) is 15. The van der Waals surface area contributed by atoms with Gasteiger partial charge in [-0.1, -0.05) is 103 Å². The molecule has 6 aromatic rings. The number of benzene rings is 6. The topological polar surface area (TPSA) is 178 Å². The van der Waals surface area contributed by atoms with Crippen LogP contribution in [0.3, 0.4) is 0 Å². The average molecular weight is 937 g/mol. The molecule has 2 saturated heterocycles. The highest BCUT2D eigenvalue weighted by atomic mass is 16.8. The lowest BCUT2D eigenvalue weighted by Gasteiger charge is -2.47. The quantitative estimate of drug-likeness (QED) is 0.0677. The molecule has 6 aromatic carbocycles. The molecule has 0 amide bonds. The standard InChI is InChI=1S/C54H48O15/c1-34-43(65-49(56)37-20-10-4-11-21-37)45(66-50(57)38-22-12-5-13-23-38)47(68-52(59)40-26-16-7-17-27-40)54(63-34)69-44-42(64-48(55)36-18-8-3-9-19-36)33-62-53(61-32-35-28-30-41(60-2)31-29-35)46(44)67-51(58)39-24-14-6-15-25-39/h3-31,34,42-47,53-54H,32-33H2,1-2H3/t34-,42-,43-,44-,45+,46+,47+,53+,54-/m0/s1. The minimum Gasteiger partial charge on any atom is -0.497 e. The van der Waals surface area contributed by atoms with E-state index < -0.39 is 85.2 Å². The van der Waals surface area contributed by atoms with E-state index in [1.54, 1.807) is 166 Å². The van der Waals surface area contributed by atoms with E-state index in [-0.39, 0.29) is 41.0 Å². The van der Waals surface area contributed by atoms with E-state index in [1.807, 2.05) is 0 Å². The summed E-state index contributed by atoms with van der Waals surface area (Å²) in [5.41, 5.74) is 1.50. The highest BCUT2D eigenvalue weighted by molar-refractivity contribution is 5.92. The highest BCUT2D eigenvalue weighted by Crippen LogP contribution is 2.35. The van der Waals surface area contributed by atoms with Gasteiger partial charge in [0, 0.05) is 0 Å². The molecule has 2 aliphatic heterocycles. The summed E-state index contributed by atoms with van der Waals surface area (Å²) in [7, 11) is 1.55. The number of carbonyl (C=O) groups excluding carboxylic acids is 5. The van der Waals surface area contributed by atoms with E-state index >= 15 is 0 Å². The van der Waals surface area contributed by atoms with Crippen LogP contribution < -0.4 is 4.74 Å². The van der Waals surface area contributed by atoms with Crippen molar-refractivity contribution in [3.63, 3.8) is 0 Å². The van der Waals surface area contributed by atoms with Gasteiger partial charge in [-0.25, -0.2) is 24.0 Å². The van der Waals surface area contributed by atoms with E-state index in [1.165, 1.54) is 24.3 Å². The van der Waals surface area contributed by atoms with Crippen molar-refractivity contribution in [2.24, 2.45) is 0 Å². The Morgan fingerprint density at radius 2 is 0.826 bits per heavy atom. The maximum absolute atomic E-state index is 14.2. The smallest absolute Gasteiger partial charge is 0.338 e. The third-order valence-corrected chi connectivity index (χ3v) is 11.3. The Bertz CT molecular complexity index is 2630. The number of ether oxygens (including phenoxy) is 10. The van der Waals surface area contributed by atoms with Crippen LogP contribution in [0.4, 0.5) is 0 Å². The van der Waals surface area contributed by atoms with Gasteiger partial charge in [0.05, 0.1) is 54.2 Å². The molecule has 0 N–H and O–H groups in total. The predicted octanol–water partition coefficient (Wildman–Crippen LogP) is 7.83. The molecule has 0 radical (unpaired) electrons. The van der Waals surface area contributed by atoms with Crippen molar-refractivity contribution in [2.75, 3.05) is 13.7 Å². The van der Waals surface area contributed by atoms with Crippen LogP contribution in [0.2, 0.25) is 0 Å². The normalized spacial score (nSPS) is 23.1. The lowest BCUT2D eigenvalue weighted by molar-refractivity contribution is -0.343. The molecule has 354 valence electrons. The van der Waals surface area contributed by atoms with E-state index in [0.717, 1.165) is 0 Å². The third kappa shape index (κ3) is 12.1. The monoisotopic (exact) mass is 936 g/mol. The second kappa shape index (κ2) is 22.9. The van der Waals surface area contributed by atoms with Gasteiger partial charge in [-0.2, -0.15) is 0 Å². The van der Waals surface area contributed by atoms with Crippen molar-refractivity contribution in [1.82, 2.24) is 0 Å². The van der Waals surface area contributed by atoms with Gasteiger partial charge in [0.25, 0.3) is 0 Å². The zero-order valence-corrected chi connectivity index (χ0v) is 37.5. The molecule has 0 unspecified atom stereocenters. The van der Waals surface area contributed by atoms with E-state index in [4.69, 9.17) is 47.4 Å². The van der Waals surface area contributed by atoms with Crippen molar-refractivity contribution in [3.8, 4) is 5.75 Å². The second-order valence-corrected chi connectivity index (χ2v) is 15.9. The first-order valence-corrected chi connectivity index (χ1v) is 22.1. The Morgan fingerprint density at radius 1 is 0.449 bits per heavy atom. The Hall–Kier alpha value is -7.69. The van der Waals surface area contributed by atoms with Crippen molar-refractivity contribution in [3.05, 3.63) is 209 Å². The Kier molecular flexibility index (Phi) is 15.8. The van der Waals surface area contributed by atoms with Gasteiger partial charge in [-0.05, 0) is 85.3 Å². The summed E-state index contributed by atoms with van der Waals surface area (Å²) in [6.07, 6.45) is -13.3. The van der Waals surface area contributed by atoms with Gasteiger partial charge in [0.2, 0.25) is 0 Å². The second-order valence-electron chi connectivity index (χ2n) is 15.9. The number of rotatable bonds is 16. The minimum atomic E-state index is -1.72. The lowest BCUT2D eigenvalue weighted by Crippen LogP contribution is -2.65. The minimum absolute atomic E-state index is 0.0461. The molecular weight excluding hydrogens is 889 g/mol. The first kappa shape index (κ1) is 47.8. The molecule has 15 heteroatoms. The van der Waals surface area contributed by atoms with Gasteiger partial charge in [0.1, 0.15) is 11.9 Å². The summed E-state index contributed by atoms with van der Waals surface area (Å²) in [5.74, 6) is -3.47. The van der Waals surface area contributed by atoms with E-state index in [2.05, 4.69) is 0 Å². The summed E-state index contributed by atoms with van der Waals surface area (Å²) in [5, 5.41) is 0. The Balaban J connectivity index is 1.21. The van der Waals surface area contributed by atoms with Gasteiger partial charge < -0.3 is 47.4 Å². The maximum atomic E-state index is 14.2. The fourth-order valence-electron chi connectivity index (χ4n) is 7.68. The van der Waals surface area contributed by atoms with Crippen LogP contribution in [0.5, 0.6) is 5.75 Å². The molecule has 69 heavy (non-hydrogen) atoms. The van der Waals surface area contributed by atoms with E-state index in [9.17, 15) is 24.0 Å². The molecule has 8 rings (SSSR count). The summed E-state index contributed by atoms with van der Waals surface area (Å²) in [6.45, 7) is 1.16. The zero-order chi connectivity index (χ0) is 48.1. The molecule has 0 spiro atoms. The molecule has 0 saturated carbocycles. The molecular formula is C54H48O15. The number of hydrogen-bond donors (Lipinski definition) is 0. The predicted molar refractivity (Wildman–Crippen MR) is 245 cm³/mol. The molecule has 0 bridgehead atoms. The van der Waals surface area contributed by atoms with E-state index in [0.29, 0.717) is 11.3 Å². The average Bonchev–Trinajstić information content (AvgIpc) is 3.40. The van der Waals surface area contributed by atoms with Crippen molar-refractivity contribution in [2.45, 2.75) is 68.8 Å². The van der Waals surface area contributed by atoms with Crippen LogP contribution in [0.1, 0.15) is 64.3 Å².